The zero-order valence-corrected chi connectivity index (χ0v) is 15.0. The summed E-state index contributed by atoms with van der Waals surface area (Å²) < 4.78 is 0. The Bertz CT molecular complexity index is 718. The van der Waals surface area contributed by atoms with Crippen molar-refractivity contribution in [2.45, 2.75) is 51.0 Å². The number of hydrogen-bond donors (Lipinski definition) is 2. The third kappa shape index (κ3) is 4.87. The summed E-state index contributed by atoms with van der Waals surface area (Å²) in [5.41, 5.74) is 0. The van der Waals surface area contributed by atoms with E-state index in [0.717, 1.165) is 30.7 Å². The normalized spacial score (nSPS) is 20.6. The summed E-state index contributed by atoms with van der Waals surface area (Å²) in [7, 11) is 0. The van der Waals surface area contributed by atoms with Crippen LogP contribution >= 0.6 is 0 Å². The topological polar surface area (TPSA) is 125 Å². The fraction of sp³-hybridized carbons (Fsp3) is 0.556. The third-order valence-corrected chi connectivity index (χ3v) is 5.02. The lowest BCUT2D eigenvalue weighted by molar-refractivity contribution is -0.147. The minimum atomic E-state index is -1.02. The highest BCUT2D eigenvalue weighted by atomic mass is 16.4. The Morgan fingerprint density at radius 2 is 1.93 bits per heavy atom. The molecule has 9 heteroatoms. The molecule has 2 amide bonds. The molecule has 1 aliphatic heterocycles. The van der Waals surface area contributed by atoms with Gasteiger partial charge in [-0.05, 0) is 18.4 Å². The number of aromatic nitrogens is 2. The number of carbonyl (C=O) groups is 3. The molecule has 144 valence electrons. The molecule has 3 rings (SSSR count). The number of hydrogen-bond acceptors (Lipinski definition) is 6. The summed E-state index contributed by atoms with van der Waals surface area (Å²) in [6, 6.07) is 0.810. The van der Waals surface area contributed by atoms with Gasteiger partial charge in [0.1, 0.15) is 6.04 Å². The summed E-state index contributed by atoms with van der Waals surface area (Å²) in [5, 5.41) is 17.0. The molecule has 2 heterocycles. The van der Waals surface area contributed by atoms with Gasteiger partial charge < -0.3 is 5.11 Å². The van der Waals surface area contributed by atoms with E-state index in [0.29, 0.717) is 12.3 Å². The number of nitrogens with zero attached hydrogens (tertiary/aromatic N) is 4. The number of rotatable bonds is 7. The summed E-state index contributed by atoms with van der Waals surface area (Å²) >= 11 is 0. The van der Waals surface area contributed by atoms with Crippen molar-refractivity contribution in [1.82, 2.24) is 15.0 Å². The van der Waals surface area contributed by atoms with Crippen LogP contribution in [-0.4, -0.2) is 50.1 Å². The molecule has 9 nitrogen and oxygen atoms in total. The quantitative estimate of drug-likeness (QED) is 0.749. The highest BCUT2D eigenvalue weighted by Gasteiger charge is 2.38. The lowest BCUT2D eigenvalue weighted by atomic mass is 9.90. The lowest BCUT2D eigenvalue weighted by Crippen LogP contribution is -2.45. The predicted molar refractivity (Wildman–Crippen MR) is 96.7 cm³/mol. The Morgan fingerprint density at radius 1 is 1.22 bits per heavy atom. The molecule has 1 aromatic heterocycles. The second kappa shape index (κ2) is 8.70. The Kier molecular flexibility index (Phi) is 6.10. The summed E-state index contributed by atoms with van der Waals surface area (Å²) in [6.45, 7) is 0. The monoisotopic (exact) mass is 373 g/mol. The summed E-state index contributed by atoms with van der Waals surface area (Å²) in [4.78, 5) is 44.6. The van der Waals surface area contributed by atoms with E-state index in [1.54, 1.807) is 6.07 Å². The lowest BCUT2D eigenvalue weighted by Gasteiger charge is -2.26. The summed E-state index contributed by atoms with van der Waals surface area (Å²) in [5.74, 6) is -2.05. The van der Waals surface area contributed by atoms with E-state index in [1.165, 1.54) is 18.6 Å². The maximum Gasteiger partial charge on any atom is 0.304 e. The molecule has 27 heavy (non-hydrogen) atoms. The molecule has 1 fully saturated rings. The highest BCUT2D eigenvalue weighted by Crippen LogP contribution is 2.33. The minimum absolute atomic E-state index is 0.148. The van der Waals surface area contributed by atoms with Gasteiger partial charge in [0.2, 0.25) is 11.9 Å². The number of carboxylic acids is 1. The molecule has 0 radical (unpaired) electrons. The Hall–Kier alpha value is -2.84. The zero-order chi connectivity index (χ0) is 19.2. The fourth-order valence-electron chi connectivity index (χ4n) is 3.72. The smallest absolute Gasteiger partial charge is 0.304 e. The van der Waals surface area contributed by atoms with E-state index in [2.05, 4.69) is 20.4 Å². The fourth-order valence-corrected chi connectivity index (χ4v) is 3.72. The first-order chi connectivity index (χ1) is 13.0. The number of nitrogens with one attached hydrogen (secondary N) is 1. The average Bonchev–Trinajstić information content (AvgIpc) is 3.33. The number of hydrazone groups is 1. The van der Waals surface area contributed by atoms with Gasteiger partial charge in [-0.1, -0.05) is 25.7 Å². The Morgan fingerprint density at radius 3 is 2.59 bits per heavy atom. The molecule has 1 aliphatic carbocycles. The number of aliphatic carboxylic acids is 1. The van der Waals surface area contributed by atoms with Crippen molar-refractivity contribution in [2.24, 2.45) is 16.9 Å². The number of carboxylic acid groups (broad SMARTS) is 1. The second-order valence-corrected chi connectivity index (χ2v) is 6.97. The SMILES string of the molecule is O=C(O)CC(CC1CCCC1)C(=O)N1N=CCC1C(=O)Nc1ncccn1. The standard InChI is InChI=1S/C18H23N5O4/c24-15(25)11-13(10-12-4-1-2-5-12)17(27)23-14(6-9-21-23)16(26)22-18-19-7-3-8-20-18/h3,7-9,12-14H,1-2,4-6,10-11H2,(H,24,25)(H,19,20,22,26). The molecule has 2 unspecified atom stereocenters. The molecular weight excluding hydrogens is 350 g/mol. The number of amides is 2. The van der Waals surface area contributed by atoms with Gasteiger partial charge in [0.05, 0.1) is 12.3 Å². The van der Waals surface area contributed by atoms with Crippen LogP contribution in [0.25, 0.3) is 0 Å². The van der Waals surface area contributed by atoms with Crippen molar-refractivity contribution < 1.29 is 19.5 Å². The van der Waals surface area contributed by atoms with Crippen molar-refractivity contribution in [2.75, 3.05) is 5.32 Å². The Labute approximate surface area is 156 Å². The van der Waals surface area contributed by atoms with Crippen molar-refractivity contribution in [1.29, 1.82) is 0 Å². The van der Waals surface area contributed by atoms with Gasteiger partial charge in [0.15, 0.2) is 0 Å². The van der Waals surface area contributed by atoms with Gasteiger partial charge in [0, 0.05) is 25.0 Å². The van der Waals surface area contributed by atoms with Crippen LogP contribution in [-0.2, 0) is 14.4 Å². The van der Waals surface area contributed by atoms with Gasteiger partial charge in [-0.2, -0.15) is 5.10 Å². The van der Waals surface area contributed by atoms with Crippen molar-refractivity contribution in [3.8, 4) is 0 Å². The van der Waals surface area contributed by atoms with Gasteiger partial charge in [-0.25, -0.2) is 15.0 Å². The maximum atomic E-state index is 13.0. The minimum Gasteiger partial charge on any atom is -0.481 e. The van der Waals surface area contributed by atoms with E-state index in [4.69, 9.17) is 0 Å². The van der Waals surface area contributed by atoms with Gasteiger partial charge in [0.25, 0.3) is 5.91 Å². The van der Waals surface area contributed by atoms with Crippen LogP contribution in [0.4, 0.5) is 5.95 Å². The van der Waals surface area contributed by atoms with Gasteiger partial charge in [-0.3, -0.25) is 19.7 Å². The largest absolute Gasteiger partial charge is 0.481 e. The first-order valence-electron chi connectivity index (χ1n) is 9.19. The Balaban J connectivity index is 1.68. The van der Waals surface area contributed by atoms with Crippen LogP contribution in [0.1, 0.15) is 44.9 Å². The van der Waals surface area contributed by atoms with E-state index >= 15 is 0 Å². The molecule has 0 bridgehead atoms. The molecule has 2 N–H and O–H groups in total. The van der Waals surface area contributed by atoms with Crippen LogP contribution in [0.5, 0.6) is 0 Å². The average molecular weight is 373 g/mol. The second-order valence-electron chi connectivity index (χ2n) is 6.97. The van der Waals surface area contributed by atoms with Gasteiger partial charge >= 0.3 is 5.97 Å². The van der Waals surface area contributed by atoms with Crippen molar-refractivity contribution in [3.63, 3.8) is 0 Å². The molecule has 1 saturated carbocycles. The van der Waals surface area contributed by atoms with E-state index in [-0.39, 0.29) is 18.8 Å². The van der Waals surface area contributed by atoms with Crippen molar-refractivity contribution >= 4 is 29.9 Å². The highest BCUT2D eigenvalue weighted by molar-refractivity contribution is 5.99. The molecule has 0 saturated heterocycles. The predicted octanol–water partition coefficient (Wildman–Crippen LogP) is 1.67. The van der Waals surface area contributed by atoms with Crippen LogP contribution in [0.3, 0.4) is 0 Å². The summed E-state index contributed by atoms with van der Waals surface area (Å²) in [6.07, 6.45) is 9.30. The third-order valence-electron chi connectivity index (χ3n) is 5.02. The molecular formula is C18H23N5O4. The molecule has 2 atom stereocenters. The molecule has 0 aromatic carbocycles. The van der Waals surface area contributed by atoms with E-state index in [9.17, 15) is 19.5 Å². The zero-order valence-electron chi connectivity index (χ0n) is 15.0. The first kappa shape index (κ1) is 18.9. The van der Waals surface area contributed by atoms with Crippen LogP contribution in [0.15, 0.2) is 23.6 Å². The number of anilines is 1. The van der Waals surface area contributed by atoms with Crippen LogP contribution in [0, 0.1) is 11.8 Å². The van der Waals surface area contributed by atoms with E-state index < -0.39 is 29.7 Å². The molecule has 1 aromatic rings. The van der Waals surface area contributed by atoms with Crippen LogP contribution < -0.4 is 5.32 Å². The maximum absolute atomic E-state index is 13.0. The van der Waals surface area contributed by atoms with E-state index in [1.807, 2.05) is 0 Å². The first-order valence-corrected chi connectivity index (χ1v) is 9.19. The molecule has 0 spiro atoms. The molecule has 2 aliphatic rings. The van der Waals surface area contributed by atoms with Crippen molar-refractivity contribution in [3.05, 3.63) is 18.5 Å². The van der Waals surface area contributed by atoms with Gasteiger partial charge in [-0.15, -0.1) is 0 Å². The number of carbonyl (C=O) groups excluding carboxylic acids is 2. The van der Waals surface area contributed by atoms with Crippen LogP contribution in [0.2, 0.25) is 0 Å².